The molecule has 1 N–H and O–H groups in total. The van der Waals surface area contributed by atoms with Gasteiger partial charge in [-0.15, -0.1) is 0 Å². The molecule has 5 heteroatoms. The van der Waals surface area contributed by atoms with Gasteiger partial charge < -0.3 is 9.88 Å². The largest absolute Gasteiger partial charge is 0.312 e. The predicted molar refractivity (Wildman–Crippen MR) is 139 cm³/mol. The van der Waals surface area contributed by atoms with Crippen LogP contribution < -0.4 is 10.1 Å². The summed E-state index contributed by atoms with van der Waals surface area (Å²) in [6.45, 7) is 0.633. The molecular formula is C29H23N3OS. The SMILES string of the molecule is O=C(Nc1sc(=Nc2ccccc2)n(Cc2ccccc2)c1-c1ccccc1)c1ccccc1. The number of anilines is 1. The smallest absolute Gasteiger partial charge is 0.256 e. The standard InChI is InChI=1S/C29H23N3OS/c33-27(24-17-9-3-10-18-24)31-28-26(23-15-7-2-8-16-23)32(21-22-13-5-1-6-14-22)29(34-28)30-25-19-11-4-12-20-25/h1-20H,21H2,(H,31,33). The van der Waals surface area contributed by atoms with E-state index in [1.165, 1.54) is 11.3 Å². The van der Waals surface area contributed by atoms with Crippen molar-refractivity contribution in [3.63, 3.8) is 0 Å². The van der Waals surface area contributed by atoms with E-state index in [1.54, 1.807) is 0 Å². The Labute approximate surface area is 202 Å². The maximum atomic E-state index is 13.1. The first-order chi connectivity index (χ1) is 16.8. The quantitative estimate of drug-likeness (QED) is 0.299. The Morgan fingerprint density at radius 3 is 1.94 bits per heavy atom. The van der Waals surface area contributed by atoms with Crippen LogP contribution >= 0.6 is 11.3 Å². The van der Waals surface area contributed by atoms with Crippen LogP contribution in [0.15, 0.2) is 126 Å². The number of hydrogen-bond acceptors (Lipinski definition) is 3. The number of hydrogen-bond donors (Lipinski definition) is 1. The molecule has 0 atom stereocenters. The highest BCUT2D eigenvalue weighted by atomic mass is 32.1. The van der Waals surface area contributed by atoms with Gasteiger partial charge in [-0.05, 0) is 29.8 Å². The lowest BCUT2D eigenvalue weighted by molar-refractivity contribution is 0.102. The van der Waals surface area contributed by atoms with E-state index in [0.717, 1.165) is 32.3 Å². The summed E-state index contributed by atoms with van der Waals surface area (Å²) in [6, 6.07) is 39.6. The lowest BCUT2D eigenvalue weighted by Crippen LogP contribution is -2.17. The summed E-state index contributed by atoms with van der Waals surface area (Å²) in [4.78, 5) is 18.9. The van der Waals surface area contributed by atoms with E-state index < -0.39 is 0 Å². The summed E-state index contributed by atoms with van der Waals surface area (Å²) in [5.41, 5.74) is 4.60. The minimum absolute atomic E-state index is 0.142. The molecule has 0 bridgehead atoms. The lowest BCUT2D eigenvalue weighted by Gasteiger charge is -2.12. The van der Waals surface area contributed by atoms with Crippen molar-refractivity contribution in [3.05, 3.63) is 137 Å². The summed E-state index contributed by atoms with van der Waals surface area (Å²) in [5, 5.41) is 3.93. The van der Waals surface area contributed by atoms with Gasteiger partial charge in [0.05, 0.1) is 17.9 Å². The number of nitrogens with zero attached hydrogens (tertiary/aromatic N) is 2. The van der Waals surface area contributed by atoms with Gasteiger partial charge in [0, 0.05) is 11.1 Å². The van der Waals surface area contributed by atoms with E-state index in [4.69, 9.17) is 4.99 Å². The number of aromatic nitrogens is 1. The minimum Gasteiger partial charge on any atom is -0.312 e. The van der Waals surface area contributed by atoms with E-state index in [0.29, 0.717) is 12.1 Å². The average Bonchev–Trinajstić information content (AvgIpc) is 3.22. The molecule has 5 aromatic rings. The van der Waals surface area contributed by atoms with Crippen LogP contribution in [0.2, 0.25) is 0 Å². The van der Waals surface area contributed by atoms with E-state index in [1.807, 2.05) is 97.1 Å². The summed E-state index contributed by atoms with van der Waals surface area (Å²) in [5.74, 6) is -0.142. The minimum atomic E-state index is -0.142. The molecule has 5 rings (SSSR count). The van der Waals surface area contributed by atoms with Crippen molar-refractivity contribution in [2.75, 3.05) is 5.32 Å². The average molecular weight is 462 g/mol. The first-order valence-electron chi connectivity index (χ1n) is 11.1. The molecule has 0 fully saturated rings. The second-order valence-electron chi connectivity index (χ2n) is 7.77. The molecule has 1 aromatic heterocycles. The van der Waals surface area contributed by atoms with Crippen LogP contribution in [0, 0.1) is 0 Å². The fourth-order valence-corrected chi connectivity index (χ4v) is 4.82. The molecule has 0 aliphatic heterocycles. The van der Waals surface area contributed by atoms with Crippen molar-refractivity contribution >= 4 is 27.9 Å². The van der Waals surface area contributed by atoms with E-state index in [9.17, 15) is 4.79 Å². The molecule has 0 unspecified atom stereocenters. The van der Waals surface area contributed by atoms with Crippen LogP contribution in [0.3, 0.4) is 0 Å². The molecular weight excluding hydrogens is 438 g/mol. The number of carbonyl (C=O) groups excluding carboxylic acids is 1. The van der Waals surface area contributed by atoms with Crippen molar-refractivity contribution < 1.29 is 4.79 Å². The van der Waals surface area contributed by atoms with Crippen LogP contribution in [0.5, 0.6) is 0 Å². The summed E-state index contributed by atoms with van der Waals surface area (Å²) >= 11 is 1.48. The Kier molecular flexibility index (Phi) is 6.45. The number of para-hydroxylation sites is 1. The normalized spacial score (nSPS) is 11.4. The van der Waals surface area contributed by atoms with Crippen LogP contribution in [-0.4, -0.2) is 10.5 Å². The predicted octanol–water partition coefficient (Wildman–Crippen LogP) is 6.75. The number of amides is 1. The Morgan fingerprint density at radius 2 is 1.29 bits per heavy atom. The third kappa shape index (κ3) is 4.90. The van der Waals surface area contributed by atoms with Crippen LogP contribution in [0.4, 0.5) is 10.7 Å². The Balaban J connectivity index is 1.69. The van der Waals surface area contributed by atoms with Crippen LogP contribution in [-0.2, 0) is 6.54 Å². The Hall–Kier alpha value is -4.22. The second-order valence-corrected chi connectivity index (χ2v) is 8.75. The molecule has 4 aromatic carbocycles. The zero-order chi connectivity index (χ0) is 23.2. The van der Waals surface area contributed by atoms with Gasteiger partial charge in [-0.1, -0.05) is 108 Å². The molecule has 0 aliphatic carbocycles. The summed E-state index contributed by atoms with van der Waals surface area (Å²) in [7, 11) is 0. The highest BCUT2D eigenvalue weighted by Crippen LogP contribution is 2.32. The number of rotatable bonds is 6. The maximum absolute atomic E-state index is 13.1. The number of nitrogens with one attached hydrogen (secondary N) is 1. The van der Waals surface area contributed by atoms with Gasteiger partial charge in [-0.3, -0.25) is 4.79 Å². The Morgan fingerprint density at radius 1 is 0.735 bits per heavy atom. The fraction of sp³-hybridized carbons (Fsp3) is 0.0345. The monoisotopic (exact) mass is 461 g/mol. The Bertz CT molecular complexity index is 1440. The third-order valence-electron chi connectivity index (χ3n) is 5.38. The van der Waals surface area contributed by atoms with E-state index in [2.05, 4.69) is 34.1 Å². The molecule has 34 heavy (non-hydrogen) atoms. The fourth-order valence-electron chi connectivity index (χ4n) is 3.75. The maximum Gasteiger partial charge on any atom is 0.256 e. The van der Waals surface area contributed by atoms with Crippen molar-refractivity contribution in [2.45, 2.75) is 6.54 Å². The molecule has 0 aliphatic rings. The van der Waals surface area contributed by atoms with E-state index >= 15 is 0 Å². The van der Waals surface area contributed by atoms with Gasteiger partial charge in [0.1, 0.15) is 5.00 Å². The molecule has 4 nitrogen and oxygen atoms in total. The van der Waals surface area contributed by atoms with Crippen molar-refractivity contribution in [3.8, 4) is 11.3 Å². The zero-order valence-electron chi connectivity index (χ0n) is 18.5. The highest BCUT2D eigenvalue weighted by Gasteiger charge is 2.19. The second kappa shape index (κ2) is 10.1. The molecule has 1 heterocycles. The molecule has 0 radical (unpaired) electrons. The number of benzene rings is 4. The van der Waals surface area contributed by atoms with Crippen LogP contribution in [0.25, 0.3) is 11.3 Å². The molecule has 0 saturated heterocycles. The molecule has 166 valence electrons. The molecule has 0 saturated carbocycles. The summed E-state index contributed by atoms with van der Waals surface area (Å²) in [6.07, 6.45) is 0. The van der Waals surface area contributed by atoms with Gasteiger partial charge in [0.15, 0.2) is 4.80 Å². The van der Waals surface area contributed by atoms with Gasteiger partial charge in [0.2, 0.25) is 0 Å². The summed E-state index contributed by atoms with van der Waals surface area (Å²) < 4.78 is 2.18. The van der Waals surface area contributed by atoms with Crippen molar-refractivity contribution in [1.29, 1.82) is 0 Å². The van der Waals surface area contributed by atoms with Gasteiger partial charge >= 0.3 is 0 Å². The first-order valence-corrected chi connectivity index (χ1v) is 11.9. The third-order valence-corrected chi connectivity index (χ3v) is 6.38. The lowest BCUT2D eigenvalue weighted by atomic mass is 10.1. The van der Waals surface area contributed by atoms with Gasteiger partial charge in [-0.2, -0.15) is 0 Å². The van der Waals surface area contributed by atoms with Crippen molar-refractivity contribution in [2.24, 2.45) is 4.99 Å². The topological polar surface area (TPSA) is 46.4 Å². The van der Waals surface area contributed by atoms with Gasteiger partial charge in [0.25, 0.3) is 5.91 Å². The highest BCUT2D eigenvalue weighted by molar-refractivity contribution is 7.14. The number of thiazole rings is 1. The molecule has 0 spiro atoms. The van der Waals surface area contributed by atoms with Crippen LogP contribution in [0.1, 0.15) is 15.9 Å². The van der Waals surface area contributed by atoms with Crippen molar-refractivity contribution in [1.82, 2.24) is 4.57 Å². The first kappa shape index (κ1) is 21.6. The van der Waals surface area contributed by atoms with E-state index in [-0.39, 0.29) is 5.91 Å². The number of carbonyl (C=O) groups is 1. The molecule has 1 amide bonds. The zero-order valence-corrected chi connectivity index (χ0v) is 19.3. The van der Waals surface area contributed by atoms with Gasteiger partial charge in [-0.25, -0.2) is 4.99 Å².